The fourth-order valence-electron chi connectivity index (χ4n) is 2.10. The monoisotopic (exact) mass is 310 g/mol. The number of benzene rings is 1. The number of halogens is 1. The second kappa shape index (κ2) is 6.44. The smallest absolute Gasteiger partial charge is 0.236 e. The molecule has 0 unspecified atom stereocenters. The Balaban J connectivity index is 1.66. The van der Waals surface area contributed by atoms with E-state index in [1.165, 1.54) is 12.1 Å². The second-order valence-corrected chi connectivity index (χ2v) is 5.60. The Morgan fingerprint density at radius 3 is 3.05 bits per heavy atom. The first-order chi connectivity index (χ1) is 10.3. The summed E-state index contributed by atoms with van der Waals surface area (Å²) in [5, 5.41) is 3.84. The highest BCUT2D eigenvalue weighted by Crippen LogP contribution is 2.32. The molecule has 1 aliphatic heterocycles. The molecule has 2 heterocycles. The lowest BCUT2D eigenvalue weighted by Gasteiger charge is -2.20. The van der Waals surface area contributed by atoms with Gasteiger partial charge in [-0.3, -0.25) is 0 Å². The highest BCUT2D eigenvalue weighted by Gasteiger charge is 2.17. The zero-order valence-corrected chi connectivity index (χ0v) is 12.4. The Bertz CT molecular complexity index is 633. The third-order valence-electron chi connectivity index (χ3n) is 3.06. The molecular weight excluding hydrogens is 295 g/mol. The average molecular weight is 310 g/mol. The topological polar surface area (TPSA) is 57.4 Å². The minimum absolute atomic E-state index is 0.208. The number of thioether (sulfide) groups is 1. The molecule has 0 saturated heterocycles. The number of hydrogen-bond acceptors (Lipinski definition) is 6. The molecule has 0 fully saturated rings. The summed E-state index contributed by atoms with van der Waals surface area (Å²) < 4.78 is 29.4. The van der Waals surface area contributed by atoms with E-state index < -0.39 is 0 Å². The fourth-order valence-corrected chi connectivity index (χ4v) is 2.93. The summed E-state index contributed by atoms with van der Waals surface area (Å²) in [7, 11) is 0. The Morgan fingerprint density at radius 1 is 1.33 bits per heavy atom. The summed E-state index contributed by atoms with van der Waals surface area (Å²) in [5.41, 5.74) is 1.58. The SMILES string of the molecule is CCc1noc(CSCc2cc(F)cc3c2OCOC3)n1. The van der Waals surface area contributed by atoms with Crippen molar-refractivity contribution in [3.8, 4) is 5.75 Å². The van der Waals surface area contributed by atoms with Crippen molar-refractivity contribution in [1.82, 2.24) is 10.1 Å². The van der Waals surface area contributed by atoms with Crippen LogP contribution in [-0.2, 0) is 29.3 Å². The van der Waals surface area contributed by atoms with Crippen LogP contribution in [0.25, 0.3) is 0 Å². The predicted molar refractivity (Wildman–Crippen MR) is 75.4 cm³/mol. The van der Waals surface area contributed by atoms with Crippen LogP contribution in [0.1, 0.15) is 29.8 Å². The predicted octanol–water partition coefficient (Wildman–Crippen LogP) is 3.07. The lowest BCUT2D eigenvalue weighted by Crippen LogP contribution is -2.13. The summed E-state index contributed by atoms with van der Waals surface area (Å²) in [6.07, 6.45) is 0.749. The summed E-state index contributed by atoms with van der Waals surface area (Å²) in [4.78, 5) is 4.24. The van der Waals surface area contributed by atoms with Crippen LogP contribution in [-0.4, -0.2) is 16.9 Å². The first-order valence-corrected chi connectivity index (χ1v) is 7.82. The molecule has 3 rings (SSSR count). The van der Waals surface area contributed by atoms with E-state index in [0.717, 1.165) is 23.3 Å². The van der Waals surface area contributed by atoms with Crippen LogP contribution in [0.3, 0.4) is 0 Å². The molecule has 0 radical (unpaired) electrons. The molecule has 0 bridgehead atoms. The molecule has 2 aromatic rings. The highest BCUT2D eigenvalue weighted by atomic mass is 32.2. The normalized spacial score (nSPS) is 13.8. The van der Waals surface area contributed by atoms with Gasteiger partial charge in [0.1, 0.15) is 11.6 Å². The highest BCUT2D eigenvalue weighted by molar-refractivity contribution is 7.97. The molecule has 0 atom stereocenters. The van der Waals surface area contributed by atoms with Gasteiger partial charge in [-0.2, -0.15) is 4.98 Å². The van der Waals surface area contributed by atoms with E-state index in [1.807, 2.05) is 6.92 Å². The van der Waals surface area contributed by atoms with E-state index in [-0.39, 0.29) is 12.6 Å². The van der Waals surface area contributed by atoms with Gasteiger partial charge in [0.15, 0.2) is 12.6 Å². The molecule has 0 aliphatic carbocycles. The minimum Gasteiger partial charge on any atom is -0.467 e. The number of aryl methyl sites for hydroxylation is 1. The molecule has 7 heteroatoms. The number of fused-ring (bicyclic) bond motifs is 1. The maximum Gasteiger partial charge on any atom is 0.236 e. The van der Waals surface area contributed by atoms with Gasteiger partial charge in [-0.15, -0.1) is 11.8 Å². The van der Waals surface area contributed by atoms with Crippen molar-refractivity contribution < 1.29 is 18.4 Å². The van der Waals surface area contributed by atoms with Crippen LogP contribution >= 0.6 is 11.8 Å². The van der Waals surface area contributed by atoms with Gasteiger partial charge in [0.25, 0.3) is 0 Å². The average Bonchev–Trinajstić information content (AvgIpc) is 2.95. The number of ether oxygens (including phenoxy) is 2. The number of hydrogen-bond donors (Lipinski definition) is 0. The van der Waals surface area contributed by atoms with Gasteiger partial charge in [-0.05, 0) is 12.1 Å². The van der Waals surface area contributed by atoms with Crippen molar-refractivity contribution in [3.63, 3.8) is 0 Å². The lowest BCUT2D eigenvalue weighted by molar-refractivity contribution is -0.0171. The quantitative estimate of drug-likeness (QED) is 0.846. The van der Waals surface area contributed by atoms with Crippen molar-refractivity contribution in [3.05, 3.63) is 40.8 Å². The lowest BCUT2D eigenvalue weighted by atomic mass is 10.1. The third kappa shape index (κ3) is 3.36. The van der Waals surface area contributed by atoms with Crippen LogP contribution in [0.4, 0.5) is 4.39 Å². The van der Waals surface area contributed by atoms with Gasteiger partial charge in [-0.25, -0.2) is 4.39 Å². The van der Waals surface area contributed by atoms with Crippen LogP contribution in [0.15, 0.2) is 16.7 Å². The largest absolute Gasteiger partial charge is 0.467 e. The standard InChI is InChI=1S/C14H15FN2O3S/c1-2-12-16-13(20-17-12)7-21-6-10-4-11(15)3-9-5-18-8-19-14(9)10/h3-4H,2,5-8H2,1H3. The van der Waals surface area contributed by atoms with E-state index in [0.29, 0.717) is 29.8 Å². The number of nitrogens with zero attached hydrogens (tertiary/aromatic N) is 2. The maximum atomic E-state index is 13.6. The van der Waals surface area contributed by atoms with Gasteiger partial charge in [0.2, 0.25) is 5.89 Å². The van der Waals surface area contributed by atoms with Crippen molar-refractivity contribution in [2.45, 2.75) is 31.5 Å². The molecule has 0 saturated carbocycles. The molecule has 0 N–H and O–H groups in total. The fraction of sp³-hybridized carbons (Fsp3) is 0.429. The molecule has 0 spiro atoms. The van der Waals surface area contributed by atoms with Crippen LogP contribution in [0.5, 0.6) is 5.75 Å². The van der Waals surface area contributed by atoms with Crippen LogP contribution < -0.4 is 4.74 Å². The van der Waals surface area contributed by atoms with Crippen molar-refractivity contribution >= 4 is 11.8 Å². The molecule has 0 amide bonds. The van der Waals surface area contributed by atoms with E-state index >= 15 is 0 Å². The number of aromatic nitrogens is 2. The van der Waals surface area contributed by atoms with E-state index in [2.05, 4.69) is 10.1 Å². The maximum absolute atomic E-state index is 13.6. The molecule has 112 valence electrons. The van der Waals surface area contributed by atoms with Gasteiger partial charge < -0.3 is 14.0 Å². The first-order valence-electron chi connectivity index (χ1n) is 6.67. The number of rotatable bonds is 5. The van der Waals surface area contributed by atoms with E-state index in [1.54, 1.807) is 11.8 Å². The Kier molecular flexibility index (Phi) is 4.40. The zero-order valence-electron chi connectivity index (χ0n) is 11.6. The van der Waals surface area contributed by atoms with Crippen molar-refractivity contribution in [1.29, 1.82) is 0 Å². The van der Waals surface area contributed by atoms with Gasteiger partial charge in [-0.1, -0.05) is 12.1 Å². The third-order valence-corrected chi connectivity index (χ3v) is 4.03. The zero-order chi connectivity index (χ0) is 14.7. The summed E-state index contributed by atoms with van der Waals surface area (Å²) in [6.45, 7) is 2.56. The minimum atomic E-state index is -0.274. The molecular formula is C14H15FN2O3S. The summed E-state index contributed by atoms with van der Waals surface area (Å²) in [6, 6.07) is 2.95. The van der Waals surface area contributed by atoms with Gasteiger partial charge in [0.05, 0.1) is 12.4 Å². The van der Waals surface area contributed by atoms with E-state index in [4.69, 9.17) is 14.0 Å². The van der Waals surface area contributed by atoms with Gasteiger partial charge >= 0.3 is 0 Å². The summed E-state index contributed by atoms with van der Waals surface area (Å²) in [5.74, 6) is 2.96. The second-order valence-electron chi connectivity index (χ2n) is 4.61. The van der Waals surface area contributed by atoms with Crippen molar-refractivity contribution in [2.75, 3.05) is 6.79 Å². The molecule has 1 aliphatic rings. The Labute approximate surface area is 125 Å². The first kappa shape index (κ1) is 14.3. The van der Waals surface area contributed by atoms with Crippen LogP contribution in [0, 0.1) is 5.82 Å². The molecule has 1 aromatic carbocycles. The van der Waals surface area contributed by atoms with Crippen LogP contribution in [0.2, 0.25) is 0 Å². The molecule has 21 heavy (non-hydrogen) atoms. The van der Waals surface area contributed by atoms with Gasteiger partial charge in [0, 0.05) is 23.3 Å². The van der Waals surface area contributed by atoms with E-state index in [9.17, 15) is 4.39 Å². The Morgan fingerprint density at radius 2 is 2.24 bits per heavy atom. The summed E-state index contributed by atoms with van der Waals surface area (Å²) >= 11 is 1.58. The Hall–Kier alpha value is -1.60. The van der Waals surface area contributed by atoms with Crippen molar-refractivity contribution in [2.24, 2.45) is 0 Å². The molecule has 5 nitrogen and oxygen atoms in total. The molecule has 1 aromatic heterocycles.